The van der Waals surface area contributed by atoms with E-state index >= 15 is 0 Å². The Morgan fingerprint density at radius 2 is 2.00 bits per heavy atom. The van der Waals surface area contributed by atoms with Crippen molar-refractivity contribution in [1.82, 2.24) is 19.7 Å². The predicted octanol–water partition coefficient (Wildman–Crippen LogP) is 4.36. The van der Waals surface area contributed by atoms with Crippen LogP contribution in [-0.2, 0) is 4.74 Å². The molecule has 0 radical (unpaired) electrons. The third-order valence-corrected chi connectivity index (χ3v) is 5.75. The molecule has 0 unspecified atom stereocenters. The van der Waals surface area contributed by atoms with Crippen LogP contribution < -0.4 is 9.62 Å². The average Bonchev–Trinajstić information content (AvgIpc) is 3.03. The summed E-state index contributed by atoms with van der Waals surface area (Å²) in [4.78, 5) is 15.5. The molecule has 0 amide bonds. The normalized spacial score (nSPS) is 16.8. The molecular weight excluding hydrogens is 398 g/mol. The molecule has 1 aliphatic rings. The number of pyridine rings is 1. The summed E-state index contributed by atoms with van der Waals surface area (Å²) >= 11 is 7.95. The largest absolute Gasteiger partial charge is 0.432 e. The second-order valence-corrected chi connectivity index (χ2v) is 9.87. The molecule has 9 heteroatoms. The number of hydrogen-bond donors (Lipinski definition) is 1. The van der Waals surface area contributed by atoms with Crippen LogP contribution in [0.5, 0.6) is 0 Å². The van der Waals surface area contributed by atoms with Gasteiger partial charge in [-0.05, 0) is 50.9 Å². The summed E-state index contributed by atoms with van der Waals surface area (Å²) in [5.74, 6) is 0.701. The van der Waals surface area contributed by atoms with Gasteiger partial charge in [0.25, 0.3) is 0 Å². The van der Waals surface area contributed by atoms with Crippen LogP contribution in [0.4, 0.5) is 5.82 Å². The Labute approximate surface area is 173 Å². The zero-order valence-corrected chi connectivity index (χ0v) is 18.0. The van der Waals surface area contributed by atoms with Gasteiger partial charge >= 0.3 is 0 Å². The van der Waals surface area contributed by atoms with Crippen molar-refractivity contribution in [2.45, 2.75) is 38.5 Å². The molecule has 1 fully saturated rings. The maximum absolute atomic E-state index is 6.24. The smallest absolute Gasteiger partial charge is 0.229 e. The quantitative estimate of drug-likeness (QED) is 0.492. The van der Waals surface area contributed by atoms with Crippen LogP contribution >= 0.6 is 23.5 Å². The first-order valence-corrected chi connectivity index (χ1v) is 10.5. The lowest BCUT2D eigenvalue weighted by molar-refractivity contribution is 0.122. The summed E-state index contributed by atoms with van der Waals surface area (Å²) in [6.07, 6.45) is 1.84. The maximum atomic E-state index is 6.24. The third kappa shape index (κ3) is 4.05. The van der Waals surface area contributed by atoms with Gasteiger partial charge in [-0.2, -0.15) is 4.98 Å². The molecule has 0 bridgehead atoms. The van der Waals surface area contributed by atoms with E-state index < -0.39 is 0 Å². The van der Waals surface area contributed by atoms with Crippen LogP contribution in [0, 0.1) is 0 Å². The number of nitrogens with one attached hydrogen (secondary N) is 1. The molecule has 7 nitrogen and oxygen atoms in total. The summed E-state index contributed by atoms with van der Waals surface area (Å²) in [6, 6.07) is 2.20. The third-order valence-electron chi connectivity index (χ3n) is 4.50. The molecule has 28 heavy (non-hydrogen) atoms. The number of furan rings is 1. The van der Waals surface area contributed by atoms with Gasteiger partial charge in [0.15, 0.2) is 11.4 Å². The number of morpholine rings is 1. The van der Waals surface area contributed by atoms with Gasteiger partial charge in [0.1, 0.15) is 5.52 Å². The van der Waals surface area contributed by atoms with Crippen molar-refractivity contribution >= 4 is 51.6 Å². The fraction of sp³-hybridized carbons (Fsp3) is 0.526. The van der Waals surface area contributed by atoms with Crippen LogP contribution in [-0.4, -0.2) is 46.0 Å². The van der Waals surface area contributed by atoms with Crippen LogP contribution in [0.1, 0.15) is 39.3 Å². The zero-order chi connectivity index (χ0) is 19.9. The van der Waals surface area contributed by atoms with Crippen molar-refractivity contribution in [3.05, 3.63) is 23.1 Å². The van der Waals surface area contributed by atoms with E-state index in [1.54, 1.807) is 11.9 Å². The average molecular weight is 422 g/mol. The fourth-order valence-electron chi connectivity index (χ4n) is 3.06. The van der Waals surface area contributed by atoms with E-state index in [-0.39, 0.29) is 16.1 Å². The second-order valence-electron chi connectivity index (χ2n) is 7.87. The summed E-state index contributed by atoms with van der Waals surface area (Å²) < 4.78 is 15.1. The highest BCUT2D eigenvalue weighted by Gasteiger charge is 2.23. The lowest BCUT2D eigenvalue weighted by atomic mass is 10.1. The molecule has 150 valence electrons. The topological polar surface area (TPSA) is 76.3 Å². The number of aromatic nitrogens is 3. The fourth-order valence-corrected chi connectivity index (χ4v) is 3.90. The van der Waals surface area contributed by atoms with Gasteiger partial charge in [0.05, 0.1) is 18.6 Å². The van der Waals surface area contributed by atoms with E-state index in [1.807, 2.05) is 6.20 Å². The Morgan fingerprint density at radius 3 is 2.71 bits per heavy atom. The van der Waals surface area contributed by atoms with Gasteiger partial charge in [-0.25, -0.2) is 9.97 Å². The molecule has 0 spiro atoms. The van der Waals surface area contributed by atoms with Gasteiger partial charge in [0.2, 0.25) is 11.0 Å². The summed E-state index contributed by atoms with van der Waals surface area (Å²) in [5.41, 5.74) is 2.92. The molecule has 4 heterocycles. The number of fused-ring (bicyclic) bond motifs is 3. The number of ether oxygens (including phenoxy) is 1. The minimum Gasteiger partial charge on any atom is -0.432 e. The van der Waals surface area contributed by atoms with E-state index in [0.29, 0.717) is 35.8 Å². The molecule has 4 rings (SSSR count). The van der Waals surface area contributed by atoms with E-state index in [2.05, 4.69) is 58.3 Å². The monoisotopic (exact) mass is 421 g/mol. The Bertz CT molecular complexity index is 997. The molecule has 1 aliphatic heterocycles. The maximum Gasteiger partial charge on any atom is 0.229 e. The molecule has 0 saturated carbocycles. The van der Waals surface area contributed by atoms with Gasteiger partial charge in [0, 0.05) is 30.1 Å². The summed E-state index contributed by atoms with van der Waals surface area (Å²) in [5, 5.41) is 1.05. The number of halogens is 1. The van der Waals surface area contributed by atoms with Gasteiger partial charge in [-0.3, -0.25) is 4.72 Å². The molecule has 1 N–H and O–H groups in total. The highest BCUT2D eigenvalue weighted by atomic mass is 35.5. The van der Waals surface area contributed by atoms with Crippen molar-refractivity contribution in [2.75, 3.05) is 31.2 Å². The number of nitrogens with zero attached hydrogens (tertiary/aromatic N) is 4. The molecular formula is C19H24ClN5O2S. The zero-order valence-electron chi connectivity index (χ0n) is 16.5. The first kappa shape index (κ1) is 19.7. The number of rotatable bonds is 4. The van der Waals surface area contributed by atoms with Crippen LogP contribution in [0.15, 0.2) is 16.7 Å². The summed E-state index contributed by atoms with van der Waals surface area (Å²) in [6.45, 7) is 11.4. The number of anilines is 1. The molecule has 1 saturated heterocycles. The van der Waals surface area contributed by atoms with Crippen molar-refractivity contribution in [2.24, 2.45) is 0 Å². The van der Waals surface area contributed by atoms with Crippen molar-refractivity contribution in [3.8, 4) is 0 Å². The van der Waals surface area contributed by atoms with Crippen molar-refractivity contribution in [3.63, 3.8) is 0 Å². The summed E-state index contributed by atoms with van der Waals surface area (Å²) in [7, 11) is 0. The first-order valence-electron chi connectivity index (χ1n) is 9.34. The SMILES string of the molecule is C[C@H](NSC(C)(C)C)c1cnc2oc3c(N4CCOCC4)nc(Cl)nc3c2c1. The minimum absolute atomic E-state index is 0.127. The lowest BCUT2D eigenvalue weighted by Crippen LogP contribution is -2.36. The molecule has 0 aromatic carbocycles. The van der Waals surface area contributed by atoms with Gasteiger partial charge in [-0.15, -0.1) is 0 Å². The molecule has 0 aliphatic carbocycles. The minimum atomic E-state index is 0.127. The van der Waals surface area contributed by atoms with E-state index in [0.717, 1.165) is 24.0 Å². The second kappa shape index (κ2) is 7.67. The Morgan fingerprint density at radius 1 is 1.25 bits per heavy atom. The van der Waals surface area contributed by atoms with Crippen LogP contribution in [0.3, 0.4) is 0 Å². The predicted molar refractivity (Wildman–Crippen MR) is 114 cm³/mol. The lowest BCUT2D eigenvalue weighted by Gasteiger charge is -2.27. The standard InChI is InChI=1S/C19H24ClN5O2S/c1-11(24-28-19(2,3)4)12-9-13-14-15(27-17(13)21-10-12)16(23-18(20)22-14)25-5-7-26-8-6-25/h9-11,24H,5-8H2,1-4H3/t11-/m0/s1. The molecule has 3 aromatic rings. The van der Waals surface area contributed by atoms with E-state index in [9.17, 15) is 0 Å². The Balaban J connectivity index is 1.74. The number of hydrogen-bond acceptors (Lipinski definition) is 8. The van der Waals surface area contributed by atoms with Crippen molar-refractivity contribution < 1.29 is 9.15 Å². The van der Waals surface area contributed by atoms with Gasteiger partial charge < -0.3 is 14.1 Å². The molecule has 3 aromatic heterocycles. The van der Waals surface area contributed by atoms with Crippen LogP contribution in [0.25, 0.3) is 22.2 Å². The molecule has 1 atom stereocenters. The highest BCUT2D eigenvalue weighted by Crippen LogP contribution is 2.34. The van der Waals surface area contributed by atoms with Gasteiger partial charge in [-0.1, -0.05) is 11.9 Å². The Kier molecular flexibility index (Phi) is 5.39. The van der Waals surface area contributed by atoms with Crippen molar-refractivity contribution in [1.29, 1.82) is 0 Å². The first-order chi connectivity index (χ1) is 13.3. The van der Waals surface area contributed by atoms with E-state index in [4.69, 9.17) is 20.8 Å². The van der Waals surface area contributed by atoms with Crippen LogP contribution in [0.2, 0.25) is 5.28 Å². The highest BCUT2D eigenvalue weighted by molar-refractivity contribution is 7.98. The van der Waals surface area contributed by atoms with E-state index in [1.165, 1.54) is 0 Å². The Hall–Kier alpha value is -1.61.